The summed E-state index contributed by atoms with van der Waals surface area (Å²) in [7, 11) is 0. The van der Waals surface area contributed by atoms with Gasteiger partial charge in [0.2, 0.25) is 5.82 Å². The summed E-state index contributed by atoms with van der Waals surface area (Å²) in [6.45, 7) is 0.00125. The Morgan fingerprint density at radius 3 is 2.64 bits per heavy atom. The number of rotatable bonds is 3. The first-order valence-corrected chi connectivity index (χ1v) is 6.88. The van der Waals surface area contributed by atoms with Gasteiger partial charge in [0, 0.05) is 24.0 Å². The summed E-state index contributed by atoms with van der Waals surface area (Å²) in [5.74, 6) is -2.21. The monoisotopic (exact) mass is 354 g/mol. The average molecular weight is 354 g/mol. The number of fused-ring (bicyclic) bond motifs is 1. The van der Waals surface area contributed by atoms with Gasteiger partial charge in [-0.3, -0.25) is 4.79 Å². The Labute approximate surface area is 137 Å². The lowest BCUT2D eigenvalue weighted by Crippen LogP contribution is -2.14. The molecule has 25 heavy (non-hydrogen) atoms. The maximum Gasteiger partial charge on any atom is 0.433 e. The molecule has 3 N–H and O–H groups in total. The second kappa shape index (κ2) is 6.09. The number of aromatic nitrogens is 4. The topological polar surface area (TPSA) is 98.2 Å². The van der Waals surface area contributed by atoms with E-state index >= 15 is 0 Å². The number of nitrogens with zero attached hydrogens (tertiary/aromatic N) is 4. The highest BCUT2D eigenvalue weighted by atomic mass is 19.4. The largest absolute Gasteiger partial charge is 0.433 e. The van der Waals surface area contributed by atoms with Crippen LogP contribution in [0.25, 0.3) is 5.78 Å². The number of halogens is 4. The summed E-state index contributed by atoms with van der Waals surface area (Å²) in [5, 5.41) is 6.09. The molecule has 130 valence electrons. The van der Waals surface area contributed by atoms with Crippen LogP contribution in [0, 0.1) is 5.82 Å². The van der Waals surface area contributed by atoms with Gasteiger partial charge >= 0.3 is 6.18 Å². The third-order valence-electron chi connectivity index (χ3n) is 3.23. The molecule has 2 heterocycles. The standard InChI is InChI=1S/C14H10F4N6O/c15-9-5-8(2-1-7(9)6-19)20-12(25)11-22-13-21-10(14(16,17)18)3-4-24(13)23-11/h1-5H,6,19H2,(H,20,25). The van der Waals surface area contributed by atoms with E-state index < -0.39 is 29.4 Å². The minimum Gasteiger partial charge on any atom is -0.326 e. The van der Waals surface area contributed by atoms with Crippen molar-refractivity contribution in [3.05, 3.63) is 53.4 Å². The first-order valence-electron chi connectivity index (χ1n) is 6.88. The molecule has 0 saturated carbocycles. The molecule has 1 amide bonds. The lowest BCUT2D eigenvalue weighted by molar-refractivity contribution is -0.141. The zero-order valence-electron chi connectivity index (χ0n) is 12.4. The molecule has 0 bridgehead atoms. The van der Waals surface area contributed by atoms with Gasteiger partial charge in [-0.2, -0.15) is 18.2 Å². The average Bonchev–Trinajstić information content (AvgIpc) is 2.97. The number of alkyl halides is 3. The van der Waals surface area contributed by atoms with Crippen LogP contribution in [0.1, 0.15) is 21.9 Å². The van der Waals surface area contributed by atoms with Crippen molar-refractivity contribution in [2.45, 2.75) is 12.7 Å². The van der Waals surface area contributed by atoms with Crippen LogP contribution in [0.15, 0.2) is 30.5 Å². The van der Waals surface area contributed by atoms with E-state index in [1.165, 1.54) is 12.1 Å². The van der Waals surface area contributed by atoms with Gasteiger partial charge in [-0.1, -0.05) is 6.07 Å². The van der Waals surface area contributed by atoms with Gasteiger partial charge in [0.1, 0.15) is 11.5 Å². The maximum absolute atomic E-state index is 13.6. The second-order valence-electron chi connectivity index (χ2n) is 4.95. The molecule has 11 heteroatoms. The van der Waals surface area contributed by atoms with Crippen molar-refractivity contribution in [2.24, 2.45) is 5.73 Å². The predicted molar refractivity (Wildman–Crippen MR) is 78.0 cm³/mol. The minimum absolute atomic E-state index is 0.00125. The van der Waals surface area contributed by atoms with E-state index in [1.54, 1.807) is 0 Å². The molecule has 3 aromatic rings. The van der Waals surface area contributed by atoms with Crippen molar-refractivity contribution >= 4 is 17.4 Å². The molecule has 1 aromatic carbocycles. The summed E-state index contributed by atoms with van der Waals surface area (Å²) in [6, 6.07) is 4.61. The van der Waals surface area contributed by atoms with Crippen LogP contribution in [0.4, 0.5) is 23.2 Å². The highest BCUT2D eigenvalue weighted by Crippen LogP contribution is 2.27. The van der Waals surface area contributed by atoms with Crippen molar-refractivity contribution < 1.29 is 22.4 Å². The van der Waals surface area contributed by atoms with Crippen molar-refractivity contribution in [2.75, 3.05) is 5.32 Å². The Hall–Kier alpha value is -3.08. The molecule has 2 aromatic heterocycles. The molecule has 0 aliphatic carbocycles. The molecule has 0 spiro atoms. The molecule has 0 unspecified atom stereocenters. The zero-order valence-corrected chi connectivity index (χ0v) is 12.4. The third kappa shape index (κ3) is 3.40. The maximum atomic E-state index is 13.6. The highest BCUT2D eigenvalue weighted by Gasteiger charge is 2.33. The summed E-state index contributed by atoms with van der Waals surface area (Å²) >= 11 is 0. The Kier molecular flexibility index (Phi) is 4.08. The number of nitrogens with two attached hydrogens (primary N) is 1. The Morgan fingerprint density at radius 2 is 2.00 bits per heavy atom. The minimum atomic E-state index is -4.64. The van der Waals surface area contributed by atoms with E-state index in [-0.39, 0.29) is 23.6 Å². The van der Waals surface area contributed by atoms with Crippen LogP contribution in [0.3, 0.4) is 0 Å². The summed E-state index contributed by atoms with van der Waals surface area (Å²) < 4.78 is 52.5. The lowest BCUT2D eigenvalue weighted by atomic mass is 10.2. The molecule has 0 radical (unpaired) electrons. The number of carbonyl (C=O) groups is 1. The van der Waals surface area contributed by atoms with E-state index in [9.17, 15) is 22.4 Å². The SMILES string of the molecule is NCc1ccc(NC(=O)c2nc3nc(C(F)(F)F)ccn3n2)cc1F. The van der Waals surface area contributed by atoms with Crippen LogP contribution in [0.5, 0.6) is 0 Å². The molecular weight excluding hydrogens is 344 g/mol. The van der Waals surface area contributed by atoms with Gasteiger partial charge in [-0.25, -0.2) is 13.9 Å². The Bertz CT molecular complexity index is 952. The highest BCUT2D eigenvalue weighted by molar-refractivity contribution is 6.01. The molecular formula is C14H10F4N6O. The normalized spacial score (nSPS) is 11.7. The molecule has 3 rings (SSSR count). The molecule has 0 fully saturated rings. The fourth-order valence-corrected chi connectivity index (χ4v) is 2.01. The van der Waals surface area contributed by atoms with E-state index in [0.717, 1.165) is 16.8 Å². The van der Waals surface area contributed by atoms with Crippen molar-refractivity contribution in [3.8, 4) is 0 Å². The molecule has 7 nitrogen and oxygen atoms in total. The van der Waals surface area contributed by atoms with Gasteiger partial charge in [0.05, 0.1) is 0 Å². The van der Waals surface area contributed by atoms with Crippen LogP contribution >= 0.6 is 0 Å². The zero-order chi connectivity index (χ0) is 18.2. The Morgan fingerprint density at radius 1 is 1.24 bits per heavy atom. The van der Waals surface area contributed by atoms with Crippen LogP contribution in [-0.2, 0) is 12.7 Å². The molecule has 0 atom stereocenters. The summed E-state index contributed by atoms with van der Waals surface area (Å²) in [5.41, 5.74) is 4.59. The first-order chi connectivity index (χ1) is 11.8. The fraction of sp³-hybridized carbons (Fsp3) is 0.143. The van der Waals surface area contributed by atoms with Crippen LogP contribution < -0.4 is 11.1 Å². The van der Waals surface area contributed by atoms with Crippen molar-refractivity contribution in [1.29, 1.82) is 0 Å². The molecule has 0 aliphatic rings. The van der Waals surface area contributed by atoms with Gasteiger partial charge < -0.3 is 11.1 Å². The molecule has 0 saturated heterocycles. The number of amides is 1. The second-order valence-corrected chi connectivity index (χ2v) is 4.95. The van der Waals surface area contributed by atoms with Crippen LogP contribution in [-0.4, -0.2) is 25.5 Å². The predicted octanol–water partition coefficient (Wildman–Crippen LogP) is 1.99. The van der Waals surface area contributed by atoms with Gasteiger partial charge in [0.25, 0.3) is 11.7 Å². The number of hydrogen-bond acceptors (Lipinski definition) is 5. The molecule has 0 aliphatic heterocycles. The van der Waals surface area contributed by atoms with Gasteiger partial charge in [0.15, 0.2) is 0 Å². The van der Waals surface area contributed by atoms with E-state index in [0.29, 0.717) is 6.07 Å². The van der Waals surface area contributed by atoms with Crippen LogP contribution in [0.2, 0.25) is 0 Å². The van der Waals surface area contributed by atoms with Crippen molar-refractivity contribution in [3.63, 3.8) is 0 Å². The summed E-state index contributed by atoms with van der Waals surface area (Å²) in [6.07, 6.45) is -3.65. The third-order valence-corrected chi connectivity index (χ3v) is 3.23. The number of carbonyl (C=O) groups excluding carboxylic acids is 1. The lowest BCUT2D eigenvalue weighted by Gasteiger charge is -2.05. The Balaban J connectivity index is 1.86. The number of benzene rings is 1. The van der Waals surface area contributed by atoms with E-state index in [2.05, 4.69) is 20.4 Å². The number of nitrogens with one attached hydrogen (secondary N) is 1. The number of anilines is 1. The van der Waals surface area contributed by atoms with Crippen molar-refractivity contribution in [1.82, 2.24) is 19.6 Å². The smallest absolute Gasteiger partial charge is 0.326 e. The van der Waals surface area contributed by atoms with E-state index in [1.807, 2.05) is 0 Å². The van der Waals surface area contributed by atoms with E-state index in [4.69, 9.17) is 5.73 Å². The summed E-state index contributed by atoms with van der Waals surface area (Å²) in [4.78, 5) is 19.0. The fourth-order valence-electron chi connectivity index (χ4n) is 2.01. The first kappa shape index (κ1) is 16.8. The van der Waals surface area contributed by atoms with Gasteiger partial charge in [-0.05, 0) is 18.2 Å². The number of hydrogen-bond donors (Lipinski definition) is 2. The quantitative estimate of drug-likeness (QED) is 0.701. The van der Waals surface area contributed by atoms with Gasteiger partial charge in [-0.15, -0.1) is 5.10 Å².